The third-order valence-electron chi connectivity index (χ3n) is 10.9. The second kappa shape index (κ2) is 13.9. The van der Waals surface area contributed by atoms with E-state index in [4.69, 9.17) is 27.8 Å². The van der Waals surface area contributed by atoms with E-state index < -0.39 is 64.5 Å². The Bertz CT molecular complexity index is 851. The minimum atomic E-state index is -1.95. The lowest BCUT2D eigenvalue weighted by Gasteiger charge is -2.39. The predicted octanol–water partition coefficient (Wildman–Crippen LogP) is 7.34. The van der Waals surface area contributed by atoms with E-state index in [0.29, 0.717) is 13.2 Å². The summed E-state index contributed by atoms with van der Waals surface area (Å²) in [5.41, 5.74) is 0. The molecule has 44 heavy (non-hydrogen) atoms. The lowest BCUT2D eigenvalue weighted by atomic mass is 9.80. The number of ether oxygens (including phenoxy) is 4. The Hall–Kier alpha value is 0.114. The van der Waals surface area contributed by atoms with Crippen molar-refractivity contribution in [2.24, 2.45) is 23.7 Å². The molecule has 10 atom stereocenters. The zero-order valence-electron chi connectivity index (χ0n) is 31.5. The van der Waals surface area contributed by atoms with Crippen LogP contribution in [-0.4, -0.2) is 88.3 Å². The van der Waals surface area contributed by atoms with E-state index in [9.17, 15) is 10.2 Å². The maximum absolute atomic E-state index is 11.6. The molecule has 0 aromatic carbocycles. The zero-order valence-corrected chi connectivity index (χ0v) is 33.5. The fourth-order valence-corrected chi connectivity index (χ4v) is 7.87. The van der Waals surface area contributed by atoms with Gasteiger partial charge in [0.05, 0.1) is 36.6 Å². The predicted molar refractivity (Wildman–Crippen MR) is 183 cm³/mol. The monoisotopic (exact) mass is 662 g/mol. The molecule has 8 nitrogen and oxygen atoms in total. The Balaban J connectivity index is 2.18. The van der Waals surface area contributed by atoms with E-state index >= 15 is 0 Å². The van der Waals surface area contributed by atoms with Gasteiger partial charge in [0.2, 0.25) is 0 Å². The van der Waals surface area contributed by atoms with Gasteiger partial charge in [-0.1, -0.05) is 69.2 Å². The van der Waals surface area contributed by atoms with Crippen LogP contribution in [0, 0.1) is 23.7 Å². The first-order valence-electron chi connectivity index (χ1n) is 16.9. The third kappa shape index (κ3) is 9.60. The summed E-state index contributed by atoms with van der Waals surface area (Å²) >= 11 is 0. The summed E-state index contributed by atoms with van der Waals surface area (Å²) in [6.45, 7) is 39.3. The Morgan fingerprint density at radius 1 is 0.568 bits per heavy atom. The summed E-state index contributed by atoms with van der Waals surface area (Å²) < 4.78 is 38.7. The highest BCUT2D eigenvalue weighted by Gasteiger charge is 2.53. The smallest absolute Gasteiger partial charge is 0.191 e. The number of rotatable bonds is 13. The SMILES string of the molecule is C[C@@H]([C@H](O)[C@@H](O)[C@H](C)[C@@H]1OC(C)(C)O[C@H]1[C@@H](C)CO[Si](C)(C)C(C)(C)C)[C@@H]1OC(C)(C)O[C@H]1[C@@H](C)CO[Si](C)(C)C(C)(C)C. The molecule has 0 bridgehead atoms. The molecule has 0 aromatic heterocycles. The van der Waals surface area contributed by atoms with Crippen molar-refractivity contribution in [2.45, 2.75) is 181 Å². The average Bonchev–Trinajstić information content (AvgIpc) is 3.37. The van der Waals surface area contributed by atoms with E-state index in [0.717, 1.165) is 0 Å². The molecule has 0 saturated carbocycles. The molecule has 0 spiro atoms. The van der Waals surface area contributed by atoms with E-state index in [-0.39, 0.29) is 34.1 Å². The minimum absolute atomic E-state index is 0.0404. The molecule has 2 fully saturated rings. The molecule has 2 heterocycles. The molecule has 2 saturated heterocycles. The molecular formula is C34H70O8Si2. The highest BCUT2D eigenvalue weighted by Crippen LogP contribution is 2.43. The molecule has 2 aliphatic heterocycles. The summed E-state index contributed by atoms with van der Waals surface area (Å²) in [7, 11) is -3.89. The van der Waals surface area contributed by atoms with Gasteiger partial charge >= 0.3 is 0 Å². The molecule has 0 unspecified atom stereocenters. The van der Waals surface area contributed by atoms with Gasteiger partial charge in [-0.05, 0) is 64.0 Å². The lowest BCUT2D eigenvalue weighted by molar-refractivity contribution is -0.168. The van der Waals surface area contributed by atoms with Crippen molar-refractivity contribution in [3.63, 3.8) is 0 Å². The van der Waals surface area contributed by atoms with E-state index in [1.165, 1.54) is 0 Å². The summed E-state index contributed by atoms with van der Waals surface area (Å²) in [6, 6.07) is 0. The van der Waals surface area contributed by atoms with Gasteiger partial charge in [-0.3, -0.25) is 0 Å². The molecule has 10 heteroatoms. The maximum atomic E-state index is 11.6. The molecule has 0 amide bonds. The Kier molecular flexibility index (Phi) is 12.7. The molecule has 262 valence electrons. The first-order valence-corrected chi connectivity index (χ1v) is 22.7. The van der Waals surface area contributed by atoms with Crippen LogP contribution in [-0.2, 0) is 27.8 Å². The van der Waals surface area contributed by atoms with Gasteiger partial charge in [0, 0.05) is 36.9 Å². The van der Waals surface area contributed by atoms with Gasteiger partial charge in [0.15, 0.2) is 28.2 Å². The second-order valence-electron chi connectivity index (χ2n) is 17.9. The van der Waals surface area contributed by atoms with Gasteiger partial charge < -0.3 is 38.0 Å². The Labute approximate surface area is 272 Å². The number of aliphatic hydroxyl groups is 2. The van der Waals surface area contributed by atoms with Gasteiger partial charge in [-0.15, -0.1) is 0 Å². The minimum Gasteiger partial charge on any atom is -0.416 e. The van der Waals surface area contributed by atoms with Crippen molar-refractivity contribution in [1.82, 2.24) is 0 Å². The molecular weight excluding hydrogens is 593 g/mol. The topological polar surface area (TPSA) is 95.8 Å². The number of hydrogen-bond acceptors (Lipinski definition) is 8. The fourth-order valence-electron chi connectivity index (χ4n) is 5.64. The fraction of sp³-hybridized carbons (Fsp3) is 1.00. The van der Waals surface area contributed by atoms with Crippen LogP contribution in [0.3, 0.4) is 0 Å². The van der Waals surface area contributed by atoms with Gasteiger partial charge in [0.25, 0.3) is 0 Å². The van der Waals surface area contributed by atoms with Crippen LogP contribution in [0.2, 0.25) is 36.3 Å². The highest BCUT2D eigenvalue weighted by molar-refractivity contribution is 6.74. The molecule has 2 rings (SSSR count). The first kappa shape index (κ1) is 40.3. The van der Waals surface area contributed by atoms with Crippen LogP contribution in [0.1, 0.15) is 96.9 Å². The van der Waals surface area contributed by atoms with Crippen LogP contribution < -0.4 is 0 Å². The highest BCUT2D eigenvalue weighted by atomic mass is 28.4. The number of hydrogen-bond donors (Lipinski definition) is 2. The van der Waals surface area contributed by atoms with E-state index in [2.05, 4.69) is 81.6 Å². The zero-order chi connectivity index (χ0) is 34.4. The Morgan fingerprint density at radius 2 is 0.818 bits per heavy atom. The van der Waals surface area contributed by atoms with Gasteiger partial charge in [0.1, 0.15) is 0 Å². The molecule has 2 N–H and O–H groups in total. The van der Waals surface area contributed by atoms with Crippen molar-refractivity contribution in [3.05, 3.63) is 0 Å². The summed E-state index contributed by atoms with van der Waals surface area (Å²) in [4.78, 5) is 0. The van der Waals surface area contributed by atoms with E-state index in [1.54, 1.807) is 0 Å². The van der Waals surface area contributed by atoms with Crippen molar-refractivity contribution in [3.8, 4) is 0 Å². The van der Waals surface area contributed by atoms with Crippen molar-refractivity contribution >= 4 is 16.6 Å². The molecule has 2 aliphatic rings. The largest absolute Gasteiger partial charge is 0.416 e. The van der Waals surface area contributed by atoms with Crippen molar-refractivity contribution < 1.29 is 38.0 Å². The number of aliphatic hydroxyl groups excluding tert-OH is 2. The van der Waals surface area contributed by atoms with Crippen LogP contribution in [0.4, 0.5) is 0 Å². The normalized spacial score (nSPS) is 30.5. The molecule has 0 aromatic rings. The Morgan fingerprint density at radius 3 is 1.07 bits per heavy atom. The quantitative estimate of drug-likeness (QED) is 0.198. The second-order valence-corrected chi connectivity index (χ2v) is 27.5. The maximum Gasteiger partial charge on any atom is 0.191 e. The lowest BCUT2D eigenvalue weighted by Crippen LogP contribution is -2.51. The molecule has 0 radical (unpaired) electrons. The summed E-state index contributed by atoms with van der Waals surface area (Å²) in [5, 5.41) is 23.5. The van der Waals surface area contributed by atoms with Crippen LogP contribution in [0.15, 0.2) is 0 Å². The third-order valence-corrected chi connectivity index (χ3v) is 19.9. The standard InChI is InChI=1S/C34H70O8Si2/c1-21(19-37-43(15,16)31(5,6)7)27-29(41-33(11,12)39-27)23(3)25(35)26(36)24(4)30-28(40-34(13,14)42-30)22(2)20-38-44(17,18)32(8,9)10/h21-30,35-36H,19-20H2,1-18H3/t21-,22-,23-,24-,25-,26-,27-,28-,29-,30-/m0/s1. The van der Waals surface area contributed by atoms with Crippen LogP contribution in [0.5, 0.6) is 0 Å². The summed E-state index contributed by atoms with van der Waals surface area (Å²) in [6.07, 6.45) is -3.51. The van der Waals surface area contributed by atoms with E-state index in [1.807, 2.05) is 41.5 Å². The van der Waals surface area contributed by atoms with Crippen LogP contribution in [0.25, 0.3) is 0 Å². The average molecular weight is 663 g/mol. The van der Waals surface area contributed by atoms with Gasteiger partial charge in [-0.2, -0.15) is 0 Å². The van der Waals surface area contributed by atoms with Crippen molar-refractivity contribution in [2.75, 3.05) is 13.2 Å². The molecule has 0 aliphatic carbocycles. The summed E-state index contributed by atoms with van der Waals surface area (Å²) in [5.74, 6) is -2.33. The van der Waals surface area contributed by atoms with Crippen LogP contribution >= 0.6 is 0 Å². The van der Waals surface area contributed by atoms with Crippen molar-refractivity contribution in [1.29, 1.82) is 0 Å². The van der Waals surface area contributed by atoms with Gasteiger partial charge in [-0.25, -0.2) is 0 Å². The first-order chi connectivity index (χ1) is 19.5.